The van der Waals surface area contributed by atoms with E-state index in [0.717, 1.165) is 25.0 Å². The third kappa shape index (κ3) is 2.99. The zero-order valence-corrected chi connectivity index (χ0v) is 12.2. The maximum atomic E-state index is 12.4. The fraction of sp³-hybridized carbons (Fsp3) is 0.500. The van der Waals surface area contributed by atoms with Crippen molar-refractivity contribution in [2.24, 2.45) is 0 Å². The molecule has 0 aliphatic carbocycles. The molecule has 0 bridgehead atoms. The monoisotopic (exact) mass is 288 g/mol. The summed E-state index contributed by atoms with van der Waals surface area (Å²) >= 11 is 0. The molecule has 0 spiro atoms. The Labute approximate surface area is 124 Å². The van der Waals surface area contributed by atoms with Crippen molar-refractivity contribution >= 4 is 17.5 Å². The molecule has 1 aromatic rings. The average molecular weight is 288 g/mol. The van der Waals surface area contributed by atoms with E-state index in [1.807, 2.05) is 31.2 Å². The zero-order chi connectivity index (χ0) is 14.8. The summed E-state index contributed by atoms with van der Waals surface area (Å²) in [5.41, 5.74) is 1.75. The molecule has 3 rings (SSSR count). The van der Waals surface area contributed by atoms with Gasteiger partial charge in [-0.1, -0.05) is 17.7 Å². The second-order valence-electron chi connectivity index (χ2n) is 5.70. The molecule has 0 aromatic heterocycles. The first-order valence-corrected chi connectivity index (χ1v) is 7.43. The molecule has 2 unspecified atom stereocenters. The molecule has 0 saturated carbocycles. The Hall–Kier alpha value is -1.72. The van der Waals surface area contributed by atoms with E-state index in [9.17, 15) is 9.59 Å². The Bertz CT molecular complexity index is 535. The van der Waals surface area contributed by atoms with Crippen LogP contribution in [0.3, 0.4) is 0 Å². The van der Waals surface area contributed by atoms with Crippen LogP contribution in [0.4, 0.5) is 5.69 Å². The number of carbonyl (C=O) groups excluding carboxylic acids is 2. The summed E-state index contributed by atoms with van der Waals surface area (Å²) in [6, 6.07) is 7.01. The molecule has 2 heterocycles. The van der Waals surface area contributed by atoms with E-state index in [4.69, 9.17) is 4.74 Å². The van der Waals surface area contributed by atoms with E-state index in [1.54, 1.807) is 0 Å². The van der Waals surface area contributed by atoms with Gasteiger partial charge in [-0.15, -0.1) is 0 Å². The number of hydrogen-bond acceptors (Lipinski definition) is 4. The topological polar surface area (TPSA) is 58.6 Å². The van der Waals surface area contributed by atoms with E-state index in [-0.39, 0.29) is 24.3 Å². The van der Waals surface area contributed by atoms with Crippen LogP contribution in [0.25, 0.3) is 0 Å². The summed E-state index contributed by atoms with van der Waals surface area (Å²) in [5.74, 6) is -0.310. The standard InChI is InChI=1S/C16H20N2O3/c1-11-4-6-12(7-5-11)18-15(19)9-14(16(18)20)17-10-13-3-2-8-21-13/h4-7,13-14,17H,2-3,8-10H2,1H3. The molecule has 21 heavy (non-hydrogen) atoms. The first-order valence-electron chi connectivity index (χ1n) is 7.43. The van der Waals surface area contributed by atoms with E-state index in [2.05, 4.69) is 5.32 Å². The lowest BCUT2D eigenvalue weighted by Gasteiger charge is -2.17. The lowest BCUT2D eigenvalue weighted by molar-refractivity contribution is -0.121. The third-order valence-electron chi connectivity index (χ3n) is 4.05. The minimum absolute atomic E-state index is 0.145. The van der Waals surface area contributed by atoms with Crippen molar-refractivity contribution in [3.63, 3.8) is 0 Å². The van der Waals surface area contributed by atoms with E-state index >= 15 is 0 Å². The van der Waals surface area contributed by atoms with Gasteiger partial charge >= 0.3 is 0 Å². The predicted octanol–water partition coefficient (Wildman–Crippen LogP) is 1.40. The van der Waals surface area contributed by atoms with Crippen molar-refractivity contribution in [2.45, 2.75) is 38.3 Å². The van der Waals surface area contributed by atoms with Gasteiger partial charge in [0.15, 0.2) is 0 Å². The number of hydrogen-bond donors (Lipinski definition) is 1. The molecule has 2 aliphatic rings. The maximum Gasteiger partial charge on any atom is 0.251 e. The molecule has 1 aromatic carbocycles. The van der Waals surface area contributed by atoms with Crippen LogP contribution in [0.5, 0.6) is 0 Å². The first-order chi connectivity index (χ1) is 10.1. The highest BCUT2D eigenvalue weighted by Gasteiger charge is 2.39. The molecule has 2 saturated heterocycles. The summed E-state index contributed by atoms with van der Waals surface area (Å²) in [5, 5.41) is 3.18. The van der Waals surface area contributed by atoms with Gasteiger partial charge in [-0.05, 0) is 31.9 Å². The number of anilines is 1. The van der Waals surface area contributed by atoms with Crippen LogP contribution in [0.1, 0.15) is 24.8 Å². The number of carbonyl (C=O) groups is 2. The Morgan fingerprint density at radius 1 is 1.29 bits per heavy atom. The fourth-order valence-corrected chi connectivity index (χ4v) is 2.84. The van der Waals surface area contributed by atoms with Crippen LogP contribution in [0.15, 0.2) is 24.3 Å². The highest BCUT2D eigenvalue weighted by atomic mass is 16.5. The van der Waals surface area contributed by atoms with Crippen LogP contribution in [-0.2, 0) is 14.3 Å². The quantitative estimate of drug-likeness (QED) is 0.851. The van der Waals surface area contributed by atoms with Gasteiger partial charge in [0.2, 0.25) is 5.91 Å². The summed E-state index contributed by atoms with van der Waals surface area (Å²) < 4.78 is 5.53. The molecule has 2 atom stereocenters. The van der Waals surface area contributed by atoms with E-state index in [0.29, 0.717) is 12.2 Å². The van der Waals surface area contributed by atoms with Crippen molar-refractivity contribution in [2.75, 3.05) is 18.1 Å². The summed E-state index contributed by atoms with van der Waals surface area (Å²) in [6.07, 6.45) is 2.48. The van der Waals surface area contributed by atoms with Gasteiger partial charge in [0.1, 0.15) is 0 Å². The predicted molar refractivity (Wildman–Crippen MR) is 79.1 cm³/mol. The molecule has 1 N–H and O–H groups in total. The molecule has 2 aliphatic heterocycles. The molecular formula is C16H20N2O3. The van der Waals surface area contributed by atoms with Gasteiger partial charge in [0.05, 0.1) is 24.3 Å². The minimum Gasteiger partial charge on any atom is -0.377 e. The number of amides is 2. The van der Waals surface area contributed by atoms with Gasteiger partial charge in [0, 0.05) is 13.2 Å². The van der Waals surface area contributed by atoms with Crippen LogP contribution in [0.2, 0.25) is 0 Å². The molecule has 2 amide bonds. The zero-order valence-electron chi connectivity index (χ0n) is 12.2. The van der Waals surface area contributed by atoms with Crippen LogP contribution in [0, 0.1) is 6.92 Å². The van der Waals surface area contributed by atoms with Crippen molar-refractivity contribution < 1.29 is 14.3 Å². The number of imide groups is 1. The second kappa shape index (κ2) is 5.95. The third-order valence-corrected chi connectivity index (χ3v) is 4.05. The van der Waals surface area contributed by atoms with Crippen molar-refractivity contribution in [3.8, 4) is 0 Å². The minimum atomic E-state index is -0.428. The van der Waals surface area contributed by atoms with Crippen LogP contribution in [-0.4, -0.2) is 37.1 Å². The summed E-state index contributed by atoms with van der Waals surface area (Å²) in [6.45, 7) is 3.40. The van der Waals surface area contributed by atoms with Crippen molar-refractivity contribution in [1.29, 1.82) is 0 Å². The molecule has 5 nitrogen and oxygen atoms in total. The van der Waals surface area contributed by atoms with Gasteiger partial charge in [-0.2, -0.15) is 0 Å². The molecule has 0 radical (unpaired) electrons. The Morgan fingerprint density at radius 3 is 2.71 bits per heavy atom. The van der Waals surface area contributed by atoms with Gasteiger partial charge in [-0.3, -0.25) is 9.59 Å². The number of benzene rings is 1. The number of nitrogens with one attached hydrogen (secondary N) is 1. The van der Waals surface area contributed by atoms with Gasteiger partial charge < -0.3 is 10.1 Å². The highest BCUT2D eigenvalue weighted by Crippen LogP contribution is 2.23. The van der Waals surface area contributed by atoms with E-state index < -0.39 is 6.04 Å². The van der Waals surface area contributed by atoms with Crippen LogP contribution < -0.4 is 10.2 Å². The SMILES string of the molecule is Cc1ccc(N2C(=O)CC(NCC3CCCO3)C2=O)cc1. The fourth-order valence-electron chi connectivity index (χ4n) is 2.84. The highest BCUT2D eigenvalue weighted by molar-refractivity contribution is 6.22. The number of rotatable bonds is 4. The molecular weight excluding hydrogens is 268 g/mol. The maximum absolute atomic E-state index is 12.4. The summed E-state index contributed by atoms with van der Waals surface area (Å²) in [4.78, 5) is 25.8. The Kier molecular flexibility index (Phi) is 4.03. The second-order valence-corrected chi connectivity index (χ2v) is 5.70. The molecule has 112 valence electrons. The lowest BCUT2D eigenvalue weighted by atomic mass is 10.2. The van der Waals surface area contributed by atoms with Crippen LogP contribution >= 0.6 is 0 Å². The number of ether oxygens (including phenoxy) is 1. The van der Waals surface area contributed by atoms with Gasteiger partial charge in [-0.25, -0.2) is 4.90 Å². The average Bonchev–Trinajstić information content (AvgIpc) is 3.07. The van der Waals surface area contributed by atoms with Crippen molar-refractivity contribution in [3.05, 3.63) is 29.8 Å². The Balaban J connectivity index is 1.65. The Morgan fingerprint density at radius 2 is 2.05 bits per heavy atom. The summed E-state index contributed by atoms with van der Waals surface area (Å²) in [7, 11) is 0. The van der Waals surface area contributed by atoms with Crippen molar-refractivity contribution in [1.82, 2.24) is 5.32 Å². The van der Waals surface area contributed by atoms with Gasteiger partial charge in [0.25, 0.3) is 5.91 Å². The molecule has 2 fully saturated rings. The first kappa shape index (κ1) is 14.2. The smallest absolute Gasteiger partial charge is 0.251 e. The number of aryl methyl sites for hydroxylation is 1. The molecule has 5 heteroatoms. The van der Waals surface area contributed by atoms with E-state index in [1.165, 1.54) is 4.90 Å². The normalized spacial score (nSPS) is 25.9. The largest absolute Gasteiger partial charge is 0.377 e. The number of nitrogens with zero attached hydrogens (tertiary/aromatic N) is 1. The lowest BCUT2D eigenvalue weighted by Crippen LogP contribution is -2.41.